The molecule has 1 saturated heterocycles. The number of piperazine rings is 1. The van der Waals surface area contributed by atoms with E-state index in [0.717, 1.165) is 81.4 Å². The number of benzene rings is 1. The van der Waals surface area contributed by atoms with Crippen LogP contribution in [0.25, 0.3) is 0 Å². The number of amides is 1. The topological polar surface area (TPSA) is 65.5 Å². The van der Waals surface area contributed by atoms with Crippen LogP contribution < -0.4 is 9.80 Å². The zero-order valence-electron chi connectivity index (χ0n) is 17.5. The maximum Gasteiger partial charge on any atom is 0.245 e. The Labute approximate surface area is 172 Å². The van der Waals surface area contributed by atoms with Gasteiger partial charge in [0.15, 0.2) is 0 Å². The van der Waals surface area contributed by atoms with E-state index in [2.05, 4.69) is 52.0 Å². The molecule has 0 unspecified atom stereocenters. The van der Waals surface area contributed by atoms with E-state index >= 15 is 0 Å². The molecule has 2 aliphatic rings. The third-order valence-corrected chi connectivity index (χ3v) is 5.92. The maximum atomic E-state index is 13.0. The lowest BCUT2D eigenvalue weighted by atomic mass is 10.0. The van der Waals surface area contributed by atoms with E-state index in [-0.39, 0.29) is 5.91 Å². The largest absolute Gasteiger partial charge is 0.337 e. The van der Waals surface area contributed by atoms with E-state index < -0.39 is 0 Å². The Morgan fingerprint density at radius 3 is 2.48 bits per heavy atom. The van der Waals surface area contributed by atoms with Crippen LogP contribution >= 0.6 is 0 Å². The van der Waals surface area contributed by atoms with Crippen molar-refractivity contribution in [1.82, 2.24) is 20.1 Å². The Balaban J connectivity index is 1.35. The smallest absolute Gasteiger partial charge is 0.245 e. The van der Waals surface area contributed by atoms with Gasteiger partial charge in [0.25, 0.3) is 0 Å². The molecule has 1 aromatic carbocycles. The Hall–Kier alpha value is -2.54. The minimum Gasteiger partial charge on any atom is -0.337 e. The number of para-hydroxylation sites is 1. The molecule has 7 heteroatoms. The second-order valence-electron chi connectivity index (χ2n) is 7.75. The van der Waals surface area contributed by atoms with E-state index in [9.17, 15) is 4.79 Å². The first-order chi connectivity index (χ1) is 14.2. The van der Waals surface area contributed by atoms with E-state index in [1.165, 1.54) is 5.56 Å². The van der Waals surface area contributed by atoms with Crippen molar-refractivity contribution in [2.24, 2.45) is 0 Å². The summed E-state index contributed by atoms with van der Waals surface area (Å²) in [6, 6.07) is 8.28. The summed E-state index contributed by atoms with van der Waals surface area (Å²) in [7, 11) is 0. The summed E-state index contributed by atoms with van der Waals surface area (Å²) in [5.41, 5.74) is 4.40. The minimum atomic E-state index is 0.198. The molecule has 0 radical (unpaired) electrons. The highest BCUT2D eigenvalue weighted by molar-refractivity contribution is 5.96. The van der Waals surface area contributed by atoms with Crippen molar-refractivity contribution in [1.29, 1.82) is 0 Å². The molecule has 0 aliphatic carbocycles. The van der Waals surface area contributed by atoms with Crippen LogP contribution in [0.5, 0.6) is 0 Å². The second-order valence-corrected chi connectivity index (χ2v) is 7.75. The maximum absolute atomic E-state index is 13.0. The number of anilines is 2. The van der Waals surface area contributed by atoms with Gasteiger partial charge in [-0.3, -0.25) is 9.69 Å². The third-order valence-electron chi connectivity index (χ3n) is 5.92. The number of carbonyl (C=O) groups excluding carboxylic acids is 1. The second kappa shape index (κ2) is 8.86. The van der Waals surface area contributed by atoms with Gasteiger partial charge in [-0.05, 0) is 37.3 Å². The molecule has 0 saturated carbocycles. The first kappa shape index (κ1) is 19.8. The van der Waals surface area contributed by atoms with Crippen LogP contribution in [0.1, 0.15) is 37.2 Å². The average molecular weight is 395 g/mol. The highest BCUT2D eigenvalue weighted by Crippen LogP contribution is 2.27. The molecule has 1 amide bonds. The zero-order valence-corrected chi connectivity index (χ0v) is 17.5. The van der Waals surface area contributed by atoms with Crippen LogP contribution in [-0.2, 0) is 24.1 Å². The van der Waals surface area contributed by atoms with Crippen LogP contribution in [0.4, 0.5) is 11.6 Å². The van der Waals surface area contributed by atoms with Crippen molar-refractivity contribution >= 4 is 17.5 Å². The lowest BCUT2D eigenvalue weighted by molar-refractivity contribution is -0.119. The van der Waals surface area contributed by atoms with Gasteiger partial charge in [0, 0.05) is 38.4 Å². The van der Waals surface area contributed by atoms with Crippen LogP contribution in [-0.4, -0.2) is 65.3 Å². The fraction of sp³-hybridized carbons (Fsp3) is 0.545. The molecule has 0 N–H and O–H groups in total. The molecule has 1 fully saturated rings. The average Bonchev–Trinajstić information content (AvgIpc) is 2.78. The van der Waals surface area contributed by atoms with Crippen molar-refractivity contribution < 1.29 is 4.79 Å². The van der Waals surface area contributed by atoms with Crippen LogP contribution in [0.15, 0.2) is 24.3 Å². The summed E-state index contributed by atoms with van der Waals surface area (Å²) in [6.45, 7) is 8.79. The molecule has 0 atom stereocenters. The fourth-order valence-electron chi connectivity index (χ4n) is 4.24. The van der Waals surface area contributed by atoms with E-state index in [1.54, 1.807) is 0 Å². The van der Waals surface area contributed by atoms with Crippen molar-refractivity contribution in [3.8, 4) is 0 Å². The van der Waals surface area contributed by atoms with Crippen LogP contribution in [0.2, 0.25) is 0 Å². The fourth-order valence-corrected chi connectivity index (χ4v) is 4.24. The van der Waals surface area contributed by atoms with Crippen molar-refractivity contribution in [2.75, 3.05) is 49.1 Å². The van der Waals surface area contributed by atoms with Crippen molar-refractivity contribution in [3.05, 3.63) is 41.2 Å². The van der Waals surface area contributed by atoms with Crippen molar-refractivity contribution in [2.45, 2.75) is 39.5 Å². The number of aromatic nitrogens is 3. The Morgan fingerprint density at radius 1 is 0.966 bits per heavy atom. The number of fused-ring (bicyclic) bond motifs is 1. The van der Waals surface area contributed by atoms with Gasteiger partial charge in [0.2, 0.25) is 11.9 Å². The molecule has 0 spiro atoms. The molecule has 2 aliphatic heterocycles. The Morgan fingerprint density at radius 2 is 1.72 bits per heavy atom. The summed E-state index contributed by atoms with van der Waals surface area (Å²) in [5, 5.41) is 8.70. The van der Waals surface area contributed by atoms with Gasteiger partial charge in [-0.2, -0.15) is 5.10 Å². The van der Waals surface area contributed by atoms with Gasteiger partial charge < -0.3 is 9.80 Å². The molecular weight excluding hydrogens is 364 g/mol. The minimum absolute atomic E-state index is 0.198. The highest BCUT2D eigenvalue weighted by atomic mass is 16.2. The molecule has 154 valence electrons. The first-order valence-electron chi connectivity index (χ1n) is 10.8. The van der Waals surface area contributed by atoms with Crippen LogP contribution in [0, 0.1) is 0 Å². The molecule has 0 bridgehead atoms. The molecule has 3 heterocycles. The SMILES string of the molecule is CCc1nnc(N2CCN(CC(=O)N3CCCc4ccccc43)CC2)nc1CC. The Bertz CT molecular complexity index is 862. The summed E-state index contributed by atoms with van der Waals surface area (Å²) in [6.07, 6.45) is 3.83. The lowest BCUT2D eigenvalue weighted by Gasteiger charge is -2.36. The van der Waals surface area contributed by atoms with Gasteiger partial charge in [-0.1, -0.05) is 32.0 Å². The lowest BCUT2D eigenvalue weighted by Crippen LogP contribution is -2.51. The van der Waals surface area contributed by atoms with Gasteiger partial charge in [0.1, 0.15) is 0 Å². The van der Waals surface area contributed by atoms with E-state index in [1.807, 2.05) is 11.0 Å². The number of carbonyl (C=O) groups is 1. The standard InChI is InChI=1S/C22H30N6O/c1-3-18-19(4-2)24-25-22(23-18)27-14-12-26(13-15-27)16-21(29)28-11-7-9-17-8-5-6-10-20(17)28/h5-6,8,10H,3-4,7,9,11-16H2,1-2H3. The van der Waals surface area contributed by atoms with Gasteiger partial charge in [-0.25, -0.2) is 4.98 Å². The van der Waals surface area contributed by atoms with Gasteiger partial charge in [-0.15, -0.1) is 5.10 Å². The van der Waals surface area contributed by atoms with Gasteiger partial charge >= 0.3 is 0 Å². The number of hydrogen-bond donors (Lipinski definition) is 0. The first-order valence-corrected chi connectivity index (χ1v) is 10.8. The predicted octanol–water partition coefficient (Wildman–Crippen LogP) is 2.10. The molecular formula is C22H30N6O. The zero-order chi connectivity index (χ0) is 20.2. The Kier molecular flexibility index (Phi) is 6.04. The molecule has 2 aromatic rings. The van der Waals surface area contributed by atoms with Gasteiger partial charge in [0.05, 0.1) is 17.9 Å². The summed E-state index contributed by atoms with van der Waals surface area (Å²) >= 11 is 0. The highest BCUT2D eigenvalue weighted by Gasteiger charge is 2.26. The molecule has 29 heavy (non-hydrogen) atoms. The predicted molar refractivity (Wildman–Crippen MR) is 114 cm³/mol. The third kappa shape index (κ3) is 4.24. The molecule has 7 nitrogen and oxygen atoms in total. The molecule has 4 rings (SSSR count). The summed E-state index contributed by atoms with van der Waals surface area (Å²) in [4.78, 5) is 24.1. The number of aryl methyl sites for hydroxylation is 3. The number of nitrogens with zero attached hydrogens (tertiary/aromatic N) is 6. The van der Waals surface area contributed by atoms with E-state index in [0.29, 0.717) is 6.54 Å². The van der Waals surface area contributed by atoms with Crippen molar-refractivity contribution in [3.63, 3.8) is 0 Å². The summed E-state index contributed by atoms with van der Waals surface area (Å²) < 4.78 is 0. The normalized spacial score (nSPS) is 17.3. The van der Waals surface area contributed by atoms with E-state index in [4.69, 9.17) is 4.98 Å². The number of rotatable bonds is 5. The summed E-state index contributed by atoms with van der Waals surface area (Å²) in [5.74, 6) is 0.916. The monoisotopic (exact) mass is 394 g/mol. The van der Waals surface area contributed by atoms with Crippen LogP contribution in [0.3, 0.4) is 0 Å². The number of hydrogen-bond acceptors (Lipinski definition) is 6. The quantitative estimate of drug-likeness (QED) is 0.774. The molecule has 1 aromatic heterocycles.